The van der Waals surface area contributed by atoms with E-state index in [4.69, 9.17) is 5.11 Å². The molecule has 1 aromatic rings. The number of benzene rings is 1. The SMILES string of the molecule is CCCc1ccc(CN(C)CCC(=O)O)cc1. The largest absolute Gasteiger partial charge is 0.481 e. The summed E-state index contributed by atoms with van der Waals surface area (Å²) in [7, 11) is 1.95. The molecule has 17 heavy (non-hydrogen) atoms. The maximum atomic E-state index is 10.4. The first-order valence-electron chi connectivity index (χ1n) is 6.10. The molecule has 0 spiro atoms. The molecule has 94 valence electrons. The van der Waals surface area contributed by atoms with E-state index in [0.717, 1.165) is 19.4 Å². The van der Waals surface area contributed by atoms with Crippen LogP contribution in [0.5, 0.6) is 0 Å². The second-order valence-electron chi connectivity index (χ2n) is 4.45. The fourth-order valence-corrected chi connectivity index (χ4v) is 1.78. The van der Waals surface area contributed by atoms with Crippen LogP contribution in [-0.4, -0.2) is 29.6 Å². The first-order chi connectivity index (χ1) is 8.11. The number of hydrogen-bond acceptors (Lipinski definition) is 2. The summed E-state index contributed by atoms with van der Waals surface area (Å²) in [6.45, 7) is 3.57. The van der Waals surface area contributed by atoms with Gasteiger partial charge in [-0.2, -0.15) is 0 Å². The Hall–Kier alpha value is -1.35. The fraction of sp³-hybridized carbons (Fsp3) is 0.500. The van der Waals surface area contributed by atoms with Crippen molar-refractivity contribution in [2.75, 3.05) is 13.6 Å². The van der Waals surface area contributed by atoms with E-state index in [9.17, 15) is 4.79 Å². The average molecular weight is 235 g/mol. The van der Waals surface area contributed by atoms with E-state index in [1.807, 2.05) is 11.9 Å². The summed E-state index contributed by atoms with van der Waals surface area (Å²) in [5.41, 5.74) is 2.60. The number of carboxylic acid groups (broad SMARTS) is 1. The number of rotatable bonds is 7. The highest BCUT2D eigenvalue weighted by molar-refractivity contribution is 5.66. The van der Waals surface area contributed by atoms with Crippen molar-refractivity contribution in [3.8, 4) is 0 Å². The van der Waals surface area contributed by atoms with Gasteiger partial charge in [0.05, 0.1) is 6.42 Å². The van der Waals surface area contributed by atoms with Crippen molar-refractivity contribution in [1.29, 1.82) is 0 Å². The highest BCUT2D eigenvalue weighted by Crippen LogP contribution is 2.08. The normalized spacial score (nSPS) is 10.8. The molecule has 3 heteroatoms. The molecule has 0 saturated carbocycles. The maximum absolute atomic E-state index is 10.4. The number of aryl methyl sites for hydroxylation is 1. The Morgan fingerprint density at radius 2 is 1.82 bits per heavy atom. The van der Waals surface area contributed by atoms with Crippen molar-refractivity contribution < 1.29 is 9.90 Å². The van der Waals surface area contributed by atoms with Crippen molar-refractivity contribution >= 4 is 5.97 Å². The summed E-state index contributed by atoms with van der Waals surface area (Å²) in [6, 6.07) is 8.57. The molecule has 3 nitrogen and oxygen atoms in total. The zero-order valence-corrected chi connectivity index (χ0v) is 10.6. The molecule has 0 aliphatic heterocycles. The van der Waals surface area contributed by atoms with Gasteiger partial charge in [-0.3, -0.25) is 4.79 Å². The van der Waals surface area contributed by atoms with Crippen LogP contribution in [0.15, 0.2) is 24.3 Å². The quantitative estimate of drug-likeness (QED) is 0.789. The van der Waals surface area contributed by atoms with Crippen LogP contribution in [0.2, 0.25) is 0 Å². The van der Waals surface area contributed by atoms with E-state index in [2.05, 4.69) is 31.2 Å². The number of carboxylic acids is 1. The molecule has 0 radical (unpaired) electrons. The number of aliphatic carboxylic acids is 1. The van der Waals surface area contributed by atoms with Crippen molar-refractivity contribution in [2.24, 2.45) is 0 Å². The predicted molar refractivity (Wildman–Crippen MR) is 69.0 cm³/mol. The van der Waals surface area contributed by atoms with Crippen LogP contribution >= 0.6 is 0 Å². The summed E-state index contributed by atoms with van der Waals surface area (Å²) >= 11 is 0. The van der Waals surface area contributed by atoms with Crippen LogP contribution in [-0.2, 0) is 17.8 Å². The minimum atomic E-state index is -0.741. The molecule has 0 aliphatic rings. The molecule has 0 atom stereocenters. The Morgan fingerprint density at radius 3 is 2.35 bits per heavy atom. The highest BCUT2D eigenvalue weighted by atomic mass is 16.4. The molecule has 0 unspecified atom stereocenters. The van der Waals surface area contributed by atoms with Gasteiger partial charge in [-0.15, -0.1) is 0 Å². The highest BCUT2D eigenvalue weighted by Gasteiger charge is 2.03. The standard InChI is InChI=1S/C14H21NO2/c1-3-4-12-5-7-13(8-6-12)11-15(2)10-9-14(16)17/h5-8H,3-4,9-11H2,1-2H3,(H,16,17). The van der Waals surface area contributed by atoms with Crippen LogP contribution in [0, 0.1) is 0 Å². The number of nitrogens with zero attached hydrogens (tertiary/aromatic N) is 1. The summed E-state index contributed by atoms with van der Waals surface area (Å²) in [5, 5.41) is 8.60. The summed E-state index contributed by atoms with van der Waals surface area (Å²) in [4.78, 5) is 12.5. The van der Waals surface area contributed by atoms with Crippen molar-refractivity contribution in [3.05, 3.63) is 35.4 Å². The van der Waals surface area contributed by atoms with E-state index in [-0.39, 0.29) is 6.42 Å². The zero-order valence-electron chi connectivity index (χ0n) is 10.6. The Labute approximate surface area is 103 Å². The van der Waals surface area contributed by atoms with Gasteiger partial charge >= 0.3 is 5.97 Å². The van der Waals surface area contributed by atoms with Gasteiger partial charge in [0, 0.05) is 13.1 Å². The third-order valence-electron chi connectivity index (χ3n) is 2.72. The van der Waals surface area contributed by atoms with Crippen molar-refractivity contribution in [3.63, 3.8) is 0 Å². The third-order valence-corrected chi connectivity index (χ3v) is 2.72. The van der Waals surface area contributed by atoms with Gasteiger partial charge in [0.2, 0.25) is 0 Å². The van der Waals surface area contributed by atoms with E-state index in [0.29, 0.717) is 6.54 Å². The summed E-state index contributed by atoms with van der Waals surface area (Å²) in [6.07, 6.45) is 2.48. The number of hydrogen-bond donors (Lipinski definition) is 1. The zero-order chi connectivity index (χ0) is 12.7. The molecule has 1 rings (SSSR count). The molecule has 0 aliphatic carbocycles. The minimum Gasteiger partial charge on any atom is -0.481 e. The lowest BCUT2D eigenvalue weighted by atomic mass is 10.1. The fourth-order valence-electron chi connectivity index (χ4n) is 1.78. The lowest BCUT2D eigenvalue weighted by Crippen LogP contribution is -2.21. The average Bonchev–Trinajstić information content (AvgIpc) is 2.29. The molecule has 0 heterocycles. The smallest absolute Gasteiger partial charge is 0.304 e. The topological polar surface area (TPSA) is 40.5 Å². The Bertz CT molecular complexity index is 346. The van der Waals surface area contributed by atoms with Crippen LogP contribution in [0.1, 0.15) is 30.9 Å². The van der Waals surface area contributed by atoms with E-state index < -0.39 is 5.97 Å². The van der Waals surface area contributed by atoms with Crippen LogP contribution in [0.25, 0.3) is 0 Å². The maximum Gasteiger partial charge on any atom is 0.304 e. The summed E-state index contributed by atoms with van der Waals surface area (Å²) < 4.78 is 0. The lowest BCUT2D eigenvalue weighted by molar-refractivity contribution is -0.137. The van der Waals surface area contributed by atoms with Gasteiger partial charge < -0.3 is 10.0 Å². The first kappa shape index (κ1) is 13.7. The lowest BCUT2D eigenvalue weighted by Gasteiger charge is -2.15. The van der Waals surface area contributed by atoms with E-state index >= 15 is 0 Å². The molecular weight excluding hydrogens is 214 g/mol. The first-order valence-corrected chi connectivity index (χ1v) is 6.10. The van der Waals surface area contributed by atoms with Gasteiger partial charge in [0.1, 0.15) is 0 Å². The predicted octanol–water partition coefficient (Wildman–Crippen LogP) is 2.55. The second-order valence-corrected chi connectivity index (χ2v) is 4.45. The summed E-state index contributed by atoms with van der Waals surface area (Å²) in [5.74, 6) is -0.741. The van der Waals surface area contributed by atoms with Crippen molar-refractivity contribution in [1.82, 2.24) is 4.90 Å². The molecular formula is C14H21NO2. The van der Waals surface area contributed by atoms with Crippen LogP contribution in [0.3, 0.4) is 0 Å². The van der Waals surface area contributed by atoms with Crippen LogP contribution in [0.4, 0.5) is 0 Å². The second kappa shape index (κ2) is 7.07. The Kier molecular flexibility index (Phi) is 5.70. The van der Waals surface area contributed by atoms with E-state index in [1.54, 1.807) is 0 Å². The monoisotopic (exact) mass is 235 g/mol. The van der Waals surface area contributed by atoms with Crippen LogP contribution < -0.4 is 0 Å². The van der Waals surface area contributed by atoms with E-state index in [1.165, 1.54) is 11.1 Å². The Morgan fingerprint density at radius 1 is 1.24 bits per heavy atom. The van der Waals surface area contributed by atoms with Crippen molar-refractivity contribution in [2.45, 2.75) is 32.7 Å². The molecule has 0 aromatic heterocycles. The molecule has 0 saturated heterocycles. The number of carbonyl (C=O) groups is 1. The molecule has 0 amide bonds. The minimum absolute atomic E-state index is 0.199. The molecule has 0 bridgehead atoms. The van der Waals surface area contributed by atoms with Gasteiger partial charge in [-0.25, -0.2) is 0 Å². The Balaban J connectivity index is 2.42. The van der Waals surface area contributed by atoms with Gasteiger partial charge in [-0.1, -0.05) is 37.6 Å². The molecule has 0 fully saturated rings. The molecule has 1 N–H and O–H groups in total. The third kappa shape index (κ3) is 5.50. The van der Waals surface area contributed by atoms with Gasteiger partial charge in [0.25, 0.3) is 0 Å². The molecule has 1 aromatic carbocycles. The van der Waals surface area contributed by atoms with Gasteiger partial charge in [-0.05, 0) is 24.6 Å². The van der Waals surface area contributed by atoms with Gasteiger partial charge in [0.15, 0.2) is 0 Å².